The SMILES string of the molecule is CCNC(=O)[C@]1(C)CCN(c2ccc(F)cc2)C1=O. The van der Waals surface area contributed by atoms with Gasteiger partial charge in [-0.3, -0.25) is 9.59 Å². The van der Waals surface area contributed by atoms with Gasteiger partial charge in [-0.05, 0) is 44.5 Å². The molecule has 2 amide bonds. The van der Waals surface area contributed by atoms with E-state index in [1.54, 1.807) is 19.1 Å². The smallest absolute Gasteiger partial charge is 0.242 e. The molecule has 0 saturated carbocycles. The molecule has 102 valence electrons. The number of carbonyl (C=O) groups is 2. The Balaban J connectivity index is 2.22. The van der Waals surface area contributed by atoms with E-state index in [4.69, 9.17) is 0 Å². The van der Waals surface area contributed by atoms with Crippen LogP contribution < -0.4 is 10.2 Å². The molecule has 1 heterocycles. The lowest BCUT2D eigenvalue weighted by molar-refractivity contribution is -0.138. The van der Waals surface area contributed by atoms with Crippen LogP contribution in [0, 0.1) is 11.2 Å². The summed E-state index contributed by atoms with van der Waals surface area (Å²) in [7, 11) is 0. The van der Waals surface area contributed by atoms with Gasteiger partial charge >= 0.3 is 0 Å². The van der Waals surface area contributed by atoms with Gasteiger partial charge in [-0.25, -0.2) is 4.39 Å². The maximum atomic E-state index is 12.9. The minimum absolute atomic E-state index is 0.231. The first-order chi connectivity index (χ1) is 8.99. The summed E-state index contributed by atoms with van der Waals surface area (Å²) in [5, 5.41) is 2.69. The monoisotopic (exact) mass is 264 g/mol. The molecule has 1 atom stereocenters. The van der Waals surface area contributed by atoms with E-state index < -0.39 is 5.41 Å². The molecule has 1 N–H and O–H groups in total. The second kappa shape index (κ2) is 4.99. The Bertz CT molecular complexity index is 501. The molecule has 0 bridgehead atoms. The average Bonchev–Trinajstić information content (AvgIpc) is 2.69. The molecule has 2 rings (SSSR count). The summed E-state index contributed by atoms with van der Waals surface area (Å²) >= 11 is 0. The number of halogens is 1. The molecule has 0 unspecified atom stereocenters. The molecule has 1 aromatic rings. The summed E-state index contributed by atoms with van der Waals surface area (Å²) in [5.74, 6) is -0.823. The van der Waals surface area contributed by atoms with Crippen molar-refractivity contribution in [1.82, 2.24) is 5.32 Å². The quantitative estimate of drug-likeness (QED) is 0.845. The van der Waals surface area contributed by atoms with E-state index >= 15 is 0 Å². The first-order valence-electron chi connectivity index (χ1n) is 6.35. The lowest BCUT2D eigenvalue weighted by Crippen LogP contribution is -2.44. The molecule has 19 heavy (non-hydrogen) atoms. The van der Waals surface area contributed by atoms with Gasteiger partial charge in [-0.15, -0.1) is 0 Å². The molecule has 1 aromatic carbocycles. The fourth-order valence-corrected chi connectivity index (χ4v) is 2.28. The molecule has 1 aliphatic rings. The van der Waals surface area contributed by atoms with Gasteiger partial charge in [0.15, 0.2) is 0 Å². The number of nitrogens with one attached hydrogen (secondary N) is 1. The van der Waals surface area contributed by atoms with Gasteiger partial charge in [-0.1, -0.05) is 0 Å². The summed E-state index contributed by atoms with van der Waals surface area (Å²) in [6.07, 6.45) is 0.467. The van der Waals surface area contributed by atoms with Crippen LogP contribution in [0.4, 0.5) is 10.1 Å². The van der Waals surface area contributed by atoms with Crippen molar-refractivity contribution in [2.75, 3.05) is 18.0 Å². The van der Waals surface area contributed by atoms with Crippen molar-refractivity contribution in [3.05, 3.63) is 30.1 Å². The summed E-state index contributed by atoms with van der Waals surface area (Å²) < 4.78 is 12.9. The molecule has 5 heteroatoms. The van der Waals surface area contributed by atoms with E-state index in [0.717, 1.165) is 0 Å². The highest BCUT2D eigenvalue weighted by molar-refractivity contribution is 6.13. The number of hydrogen-bond donors (Lipinski definition) is 1. The third-order valence-corrected chi connectivity index (χ3v) is 3.53. The van der Waals surface area contributed by atoms with Gasteiger partial charge in [0.25, 0.3) is 0 Å². The van der Waals surface area contributed by atoms with Crippen LogP contribution >= 0.6 is 0 Å². The van der Waals surface area contributed by atoms with Crippen LogP contribution in [-0.2, 0) is 9.59 Å². The van der Waals surface area contributed by atoms with Crippen molar-refractivity contribution in [3.63, 3.8) is 0 Å². The van der Waals surface area contributed by atoms with Gasteiger partial charge < -0.3 is 10.2 Å². The van der Waals surface area contributed by atoms with Crippen molar-refractivity contribution in [3.8, 4) is 0 Å². The Morgan fingerprint density at radius 3 is 2.63 bits per heavy atom. The minimum atomic E-state index is -1.02. The van der Waals surface area contributed by atoms with Crippen molar-refractivity contribution in [2.24, 2.45) is 5.41 Å². The topological polar surface area (TPSA) is 49.4 Å². The molecule has 0 aromatic heterocycles. The van der Waals surface area contributed by atoms with E-state index in [9.17, 15) is 14.0 Å². The van der Waals surface area contributed by atoms with Crippen LogP contribution in [0.25, 0.3) is 0 Å². The normalized spacial score (nSPS) is 22.7. The fraction of sp³-hybridized carbons (Fsp3) is 0.429. The first-order valence-corrected chi connectivity index (χ1v) is 6.35. The molecule has 4 nitrogen and oxygen atoms in total. The Morgan fingerprint density at radius 1 is 1.42 bits per heavy atom. The molecular formula is C14H17FN2O2. The highest BCUT2D eigenvalue weighted by Gasteiger charge is 2.48. The Labute approximate surface area is 111 Å². The van der Waals surface area contributed by atoms with Crippen LogP contribution in [0.3, 0.4) is 0 Å². The molecule has 1 saturated heterocycles. The number of hydrogen-bond acceptors (Lipinski definition) is 2. The largest absolute Gasteiger partial charge is 0.355 e. The van der Waals surface area contributed by atoms with Crippen LogP contribution in [0.15, 0.2) is 24.3 Å². The molecule has 1 fully saturated rings. The highest BCUT2D eigenvalue weighted by atomic mass is 19.1. The van der Waals surface area contributed by atoms with Gasteiger partial charge in [0.05, 0.1) is 0 Å². The first kappa shape index (κ1) is 13.5. The molecular weight excluding hydrogens is 247 g/mol. The maximum Gasteiger partial charge on any atom is 0.242 e. The number of benzene rings is 1. The minimum Gasteiger partial charge on any atom is -0.355 e. The molecule has 0 radical (unpaired) electrons. The van der Waals surface area contributed by atoms with E-state index in [0.29, 0.717) is 25.2 Å². The molecule has 1 aliphatic heterocycles. The van der Waals surface area contributed by atoms with Crippen LogP contribution in [0.5, 0.6) is 0 Å². The Morgan fingerprint density at radius 2 is 2.05 bits per heavy atom. The van der Waals surface area contributed by atoms with Gasteiger partial charge in [0.2, 0.25) is 11.8 Å². The summed E-state index contributed by atoms with van der Waals surface area (Å²) in [4.78, 5) is 25.9. The second-order valence-electron chi connectivity index (χ2n) is 4.87. The third kappa shape index (κ3) is 2.32. The molecule has 0 aliphatic carbocycles. The van der Waals surface area contributed by atoms with E-state index in [1.165, 1.54) is 17.0 Å². The highest BCUT2D eigenvalue weighted by Crippen LogP contribution is 2.34. The average molecular weight is 264 g/mol. The zero-order chi connectivity index (χ0) is 14.0. The summed E-state index contributed by atoms with van der Waals surface area (Å²) in [5.41, 5.74) is -0.399. The van der Waals surface area contributed by atoms with Gasteiger partial charge in [0.1, 0.15) is 11.2 Å². The standard InChI is InChI=1S/C14H17FN2O2/c1-3-16-12(18)14(2)8-9-17(13(14)19)11-6-4-10(15)5-7-11/h4-7H,3,8-9H2,1-2H3,(H,16,18)/t14-/m0/s1. The number of nitrogens with zero attached hydrogens (tertiary/aromatic N) is 1. The maximum absolute atomic E-state index is 12.9. The summed E-state index contributed by atoms with van der Waals surface area (Å²) in [6.45, 7) is 4.44. The third-order valence-electron chi connectivity index (χ3n) is 3.53. The van der Waals surface area contributed by atoms with Crippen molar-refractivity contribution in [2.45, 2.75) is 20.3 Å². The van der Waals surface area contributed by atoms with E-state index in [2.05, 4.69) is 5.32 Å². The van der Waals surface area contributed by atoms with Crippen LogP contribution in [0.2, 0.25) is 0 Å². The van der Waals surface area contributed by atoms with Crippen LogP contribution in [-0.4, -0.2) is 24.9 Å². The van der Waals surface area contributed by atoms with Crippen molar-refractivity contribution in [1.29, 1.82) is 0 Å². The number of carbonyl (C=O) groups excluding carboxylic acids is 2. The second-order valence-corrected chi connectivity index (χ2v) is 4.87. The number of rotatable bonds is 3. The lowest BCUT2D eigenvalue weighted by atomic mass is 9.88. The zero-order valence-corrected chi connectivity index (χ0v) is 11.1. The molecule has 0 spiro atoms. The zero-order valence-electron chi connectivity index (χ0n) is 11.1. The fourth-order valence-electron chi connectivity index (χ4n) is 2.28. The van der Waals surface area contributed by atoms with Crippen molar-refractivity contribution < 1.29 is 14.0 Å². The predicted molar refractivity (Wildman–Crippen MR) is 70.2 cm³/mol. The van der Waals surface area contributed by atoms with Crippen LogP contribution in [0.1, 0.15) is 20.3 Å². The van der Waals surface area contributed by atoms with Gasteiger partial charge in [-0.2, -0.15) is 0 Å². The Kier molecular flexibility index (Phi) is 3.55. The van der Waals surface area contributed by atoms with Crippen molar-refractivity contribution >= 4 is 17.5 Å². The van der Waals surface area contributed by atoms with E-state index in [-0.39, 0.29) is 17.6 Å². The van der Waals surface area contributed by atoms with Gasteiger partial charge in [0, 0.05) is 18.8 Å². The predicted octanol–water partition coefficient (Wildman–Crippen LogP) is 1.70. The number of anilines is 1. The van der Waals surface area contributed by atoms with E-state index in [1.807, 2.05) is 6.92 Å². The number of amides is 2. The Hall–Kier alpha value is -1.91. The lowest BCUT2D eigenvalue weighted by Gasteiger charge is -2.22. The summed E-state index contributed by atoms with van der Waals surface area (Å²) in [6, 6.07) is 5.72.